The number of hydrogen-bond acceptors (Lipinski definition) is 6. The molecule has 0 radical (unpaired) electrons. The highest BCUT2D eigenvalue weighted by Gasteiger charge is 2.25. The fraction of sp³-hybridized carbons (Fsp3) is 0.727. The number of nitrogens with one attached hydrogen (secondary N) is 1. The molecule has 10 heteroatoms. The molecule has 0 amide bonds. The molecule has 0 aliphatic rings. The van der Waals surface area contributed by atoms with Gasteiger partial charge in [0.05, 0.1) is 6.26 Å². The normalized spacial score (nSPS) is 13.3. The number of nitrogens with zero attached hydrogens (tertiary/aromatic N) is 2. The average Bonchev–Trinajstić information content (AvgIpc) is 2.62. The van der Waals surface area contributed by atoms with E-state index in [9.17, 15) is 16.8 Å². The summed E-state index contributed by atoms with van der Waals surface area (Å²) in [6.45, 7) is 6.51. The lowest BCUT2D eigenvalue weighted by Gasteiger charge is -2.23. The van der Waals surface area contributed by atoms with E-state index < -0.39 is 20.0 Å². The Morgan fingerprint density at radius 2 is 1.81 bits per heavy atom. The van der Waals surface area contributed by atoms with Gasteiger partial charge in [0.2, 0.25) is 20.0 Å². The standard InChI is InChI=1S/C11H21N3O5S2/c1-8(2)14(20(5,15)16)7-6-12-21(17,18)11-9(3)13-19-10(11)4/h8,12H,6-7H2,1-5H3. The van der Waals surface area contributed by atoms with Crippen LogP contribution in [-0.2, 0) is 20.0 Å². The van der Waals surface area contributed by atoms with Crippen LogP contribution >= 0.6 is 0 Å². The maximum Gasteiger partial charge on any atom is 0.246 e. The van der Waals surface area contributed by atoms with Crippen molar-refractivity contribution in [1.82, 2.24) is 14.2 Å². The number of sulfonamides is 2. The van der Waals surface area contributed by atoms with E-state index in [2.05, 4.69) is 9.88 Å². The summed E-state index contributed by atoms with van der Waals surface area (Å²) in [6, 6.07) is -0.247. The Bertz CT molecular complexity index is 672. The first-order chi connectivity index (χ1) is 9.47. The van der Waals surface area contributed by atoms with E-state index in [0.717, 1.165) is 6.26 Å². The third kappa shape index (κ3) is 4.50. The van der Waals surface area contributed by atoms with Crippen LogP contribution < -0.4 is 4.72 Å². The van der Waals surface area contributed by atoms with E-state index in [1.165, 1.54) is 18.2 Å². The molecule has 0 aromatic carbocycles. The third-order valence-corrected chi connectivity index (χ3v) is 6.02. The van der Waals surface area contributed by atoms with Gasteiger partial charge in [-0.15, -0.1) is 0 Å². The van der Waals surface area contributed by atoms with Crippen molar-refractivity contribution >= 4 is 20.0 Å². The van der Waals surface area contributed by atoms with Crippen molar-refractivity contribution in [2.75, 3.05) is 19.3 Å². The Morgan fingerprint density at radius 3 is 2.19 bits per heavy atom. The van der Waals surface area contributed by atoms with Gasteiger partial charge in [-0.2, -0.15) is 4.31 Å². The summed E-state index contributed by atoms with van der Waals surface area (Å²) in [4.78, 5) is -0.00190. The van der Waals surface area contributed by atoms with Gasteiger partial charge in [-0.3, -0.25) is 0 Å². The zero-order valence-corrected chi connectivity index (χ0v) is 14.4. The number of aryl methyl sites for hydroxylation is 2. The third-order valence-electron chi connectivity index (χ3n) is 2.86. The zero-order valence-electron chi connectivity index (χ0n) is 12.7. The zero-order chi connectivity index (χ0) is 16.4. The van der Waals surface area contributed by atoms with E-state index in [1.54, 1.807) is 13.8 Å². The lowest BCUT2D eigenvalue weighted by atomic mass is 10.4. The van der Waals surface area contributed by atoms with Gasteiger partial charge in [0.15, 0.2) is 5.76 Å². The van der Waals surface area contributed by atoms with Gasteiger partial charge in [0, 0.05) is 19.1 Å². The smallest absolute Gasteiger partial charge is 0.246 e. The summed E-state index contributed by atoms with van der Waals surface area (Å²) in [5.74, 6) is 0.198. The molecular formula is C11H21N3O5S2. The number of hydrogen-bond donors (Lipinski definition) is 1. The van der Waals surface area contributed by atoms with Gasteiger partial charge >= 0.3 is 0 Å². The molecular weight excluding hydrogens is 318 g/mol. The van der Waals surface area contributed by atoms with Crippen LogP contribution in [0.25, 0.3) is 0 Å². The molecule has 1 N–H and O–H groups in total. The lowest BCUT2D eigenvalue weighted by Crippen LogP contribution is -2.41. The second-order valence-electron chi connectivity index (χ2n) is 5.02. The van der Waals surface area contributed by atoms with Crippen molar-refractivity contribution in [3.63, 3.8) is 0 Å². The van der Waals surface area contributed by atoms with Crippen LogP contribution in [-0.4, -0.2) is 51.7 Å². The quantitative estimate of drug-likeness (QED) is 0.762. The van der Waals surface area contributed by atoms with Gasteiger partial charge in [-0.05, 0) is 27.7 Å². The molecule has 122 valence electrons. The second-order valence-corrected chi connectivity index (χ2v) is 8.66. The first kappa shape index (κ1) is 18.1. The van der Waals surface area contributed by atoms with Crippen molar-refractivity contribution in [3.8, 4) is 0 Å². The van der Waals surface area contributed by atoms with Crippen molar-refractivity contribution in [2.24, 2.45) is 0 Å². The fourth-order valence-electron chi connectivity index (χ4n) is 2.03. The van der Waals surface area contributed by atoms with Crippen LogP contribution in [0.5, 0.6) is 0 Å². The maximum absolute atomic E-state index is 12.2. The predicted molar refractivity (Wildman–Crippen MR) is 77.9 cm³/mol. The van der Waals surface area contributed by atoms with Crippen LogP contribution in [0.2, 0.25) is 0 Å². The lowest BCUT2D eigenvalue weighted by molar-refractivity contribution is 0.360. The minimum Gasteiger partial charge on any atom is -0.360 e. The van der Waals surface area contributed by atoms with Gasteiger partial charge in [-0.25, -0.2) is 21.6 Å². The SMILES string of the molecule is Cc1noc(C)c1S(=O)(=O)NCCN(C(C)C)S(C)(=O)=O. The average molecular weight is 339 g/mol. The molecule has 0 bridgehead atoms. The Kier molecular flexibility index (Phi) is 5.53. The van der Waals surface area contributed by atoms with Crippen molar-refractivity contribution in [1.29, 1.82) is 0 Å². The molecule has 1 heterocycles. The number of aromatic nitrogens is 1. The first-order valence-corrected chi connectivity index (χ1v) is 9.69. The van der Waals surface area contributed by atoms with E-state index in [-0.39, 0.29) is 35.5 Å². The molecule has 1 rings (SSSR count). The van der Waals surface area contributed by atoms with E-state index >= 15 is 0 Å². The predicted octanol–water partition coefficient (Wildman–Crippen LogP) is 0.240. The Hall–Kier alpha value is -0.970. The number of rotatable bonds is 7. The molecule has 0 saturated carbocycles. The highest BCUT2D eigenvalue weighted by Crippen LogP contribution is 2.18. The summed E-state index contributed by atoms with van der Waals surface area (Å²) in [6.07, 6.45) is 1.09. The van der Waals surface area contributed by atoms with Gasteiger partial charge < -0.3 is 4.52 Å². The van der Waals surface area contributed by atoms with Crippen LogP contribution in [0.4, 0.5) is 0 Å². The van der Waals surface area contributed by atoms with Gasteiger partial charge in [-0.1, -0.05) is 5.16 Å². The Balaban J connectivity index is 2.80. The largest absolute Gasteiger partial charge is 0.360 e. The van der Waals surface area contributed by atoms with Gasteiger partial charge in [0.25, 0.3) is 0 Å². The van der Waals surface area contributed by atoms with Crippen LogP contribution in [0.15, 0.2) is 9.42 Å². The highest BCUT2D eigenvalue weighted by molar-refractivity contribution is 7.89. The minimum absolute atomic E-state index is 0.00190. The maximum atomic E-state index is 12.2. The fourth-order valence-corrected chi connectivity index (χ4v) is 4.56. The first-order valence-electron chi connectivity index (χ1n) is 6.36. The van der Waals surface area contributed by atoms with Crippen LogP contribution in [0.1, 0.15) is 25.3 Å². The summed E-state index contributed by atoms with van der Waals surface area (Å²) in [5.41, 5.74) is 0.267. The molecule has 0 aliphatic heterocycles. The molecule has 0 atom stereocenters. The monoisotopic (exact) mass is 339 g/mol. The molecule has 0 aliphatic carbocycles. The van der Waals surface area contributed by atoms with Crippen molar-refractivity contribution in [3.05, 3.63) is 11.5 Å². The van der Waals surface area contributed by atoms with E-state index in [0.29, 0.717) is 0 Å². The summed E-state index contributed by atoms with van der Waals surface area (Å²) in [5, 5.41) is 3.59. The molecule has 1 aromatic rings. The van der Waals surface area contributed by atoms with E-state index in [1.807, 2.05) is 0 Å². The molecule has 21 heavy (non-hydrogen) atoms. The molecule has 8 nitrogen and oxygen atoms in total. The topological polar surface area (TPSA) is 110 Å². The molecule has 0 saturated heterocycles. The Labute approximate surface area is 125 Å². The van der Waals surface area contributed by atoms with Crippen LogP contribution in [0.3, 0.4) is 0 Å². The van der Waals surface area contributed by atoms with Gasteiger partial charge in [0.1, 0.15) is 10.6 Å². The minimum atomic E-state index is -3.77. The van der Waals surface area contributed by atoms with E-state index in [4.69, 9.17) is 4.52 Å². The summed E-state index contributed by atoms with van der Waals surface area (Å²) >= 11 is 0. The summed E-state index contributed by atoms with van der Waals surface area (Å²) in [7, 11) is -7.16. The van der Waals surface area contributed by atoms with Crippen molar-refractivity contribution in [2.45, 2.75) is 38.6 Å². The van der Waals surface area contributed by atoms with Crippen LogP contribution in [0, 0.1) is 13.8 Å². The highest BCUT2D eigenvalue weighted by atomic mass is 32.2. The summed E-state index contributed by atoms with van der Waals surface area (Å²) < 4.78 is 55.9. The molecule has 0 spiro atoms. The Morgan fingerprint density at radius 1 is 1.24 bits per heavy atom. The van der Waals surface area contributed by atoms with Crippen molar-refractivity contribution < 1.29 is 21.4 Å². The molecule has 1 aromatic heterocycles. The molecule has 0 unspecified atom stereocenters. The molecule has 0 fully saturated rings. The second kappa shape index (κ2) is 6.42.